The lowest BCUT2D eigenvalue weighted by Crippen LogP contribution is -2.24. The van der Waals surface area contributed by atoms with Crippen molar-refractivity contribution in [1.82, 2.24) is 9.88 Å². The average Bonchev–Trinajstić information content (AvgIpc) is 2.74. The maximum Gasteiger partial charge on any atom is 0.0489 e. The van der Waals surface area contributed by atoms with Crippen LogP contribution in [0.2, 0.25) is 0 Å². The fourth-order valence-electron chi connectivity index (χ4n) is 2.66. The van der Waals surface area contributed by atoms with Crippen LogP contribution >= 0.6 is 0 Å². The standard InChI is InChI=1S/C15H18N2/c1-11-5-3-7-13-14(9-16-15(11)13)12-6-4-8-17(2)10-12/h3,5-7,9,16H,4,8,10H2,1-2H3. The van der Waals surface area contributed by atoms with E-state index < -0.39 is 0 Å². The summed E-state index contributed by atoms with van der Waals surface area (Å²) in [6.45, 7) is 4.38. The van der Waals surface area contributed by atoms with Crippen LogP contribution in [-0.4, -0.2) is 30.0 Å². The van der Waals surface area contributed by atoms with Crippen LogP contribution in [0.4, 0.5) is 0 Å². The van der Waals surface area contributed by atoms with E-state index >= 15 is 0 Å². The lowest BCUT2D eigenvalue weighted by atomic mass is 10.00. The molecule has 3 rings (SSSR count). The van der Waals surface area contributed by atoms with Crippen molar-refractivity contribution < 1.29 is 0 Å². The summed E-state index contributed by atoms with van der Waals surface area (Å²) >= 11 is 0. The molecular weight excluding hydrogens is 208 g/mol. The largest absolute Gasteiger partial charge is 0.360 e. The van der Waals surface area contributed by atoms with Gasteiger partial charge < -0.3 is 9.88 Å². The highest BCUT2D eigenvalue weighted by molar-refractivity contribution is 5.94. The number of H-pyrrole nitrogens is 1. The van der Waals surface area contributed by atoms with Gasteiger partial charge in [0.1, 0.15) is 0 Å². The first-order valence-corrected chi connectivity index (χ1v) is 6.20. The van der Waals surface area contributed by atoms with E-state index in [-0.39, 0.29) is 0 Å². The Bertz CT molecular complexity index is 578. The van der Waals surface area contributed by atoms with E-state index in [4.69, 9.17) is 0 Å². The summed E-state index contributed by atoms with van der Waals surface area (Å²) in [6, 6.07) is 6.51. The first-order valence-electron chi connectivity index (χ1n) is 6.20. The Morgan fingerprint density at radius 3 is 3.00 bits per heavy atom. The molecule has 0 fully saturated rings. The number of rotatable bonds is 1. The number of nitrogens with zero attached hydrogens (tertiary/aromatic N) is 1. The summed E-state index contributed by atoms with van der Waals surface area (Å²) in [4.78, 5) is 5.79. The van der Waals surface area contributed by atoms with Gasteiger partial charge in [0.2, 0.25) is 0 Å². The third-order valence-electron chi connectivity index (χ3n) is 3.61. The van der Waals surface area contributed by atoms with Gasteiger partial charge in [-0.3, -0.25) is 0 Å². The van der Waals surface area contributed by atoms with Gasteiger partial charge in [-0.15, -0.1) is 0 Å². The number of aromatic amines is 1. The number of likely N-dealkylation sites (N-methyl/N-ethyl adjacent to an activating group) is 1. The smallest absolute Gasteiger partial charge is 0.0489 e. The van der Waals surface area contributed by atoms with Crippen molar-refractivity contribution in [2.24, 2.45) is 0 Å². The first-order chi connectivity index (χ1) is 8.25. The van der Waals surface area contributed by atoms with E-state index in [0.717, 1.165) is 13.0 Å². The number of nitrogens with one attached hydrogen (secondary N) is 1. The predicted molar refractivity (Wildman–Crippen MR) is 73.1 cm³/mol. The van der Waals surface area contributed by atoms with E-state index in [0.29, 0.717) is 0 Å². The van der Waals surface area contributed by atoms with Crippen molar-refractivity contribution in [3.8, 4) is 0 Å². The second-order valence-electron chi connectivity index (χ2n) is 4.96. The van der Waals surface area contributed by atoms with E-state index in [2.05, 4.69) is 54.3 Å². The quantitative estimate of drug-likeness (QED) is 0.791. The van der Waals surface area contributed by atoms with Gasteiger partial charge in [0, 0.05) is 35.8 Å². The van der Waals surface area contributed by atoms with Crippen molar-refractivity contribution in [3.63, 3.8) is 0 Å². The molecule has 17 heavy (non-hydrogen) atoms. The molecule has 1 aliphatic heterocycles. The topological polar surface area (TPSA) is 19.0 Å². The van der Waals surface area contributed by atoms with Gasteiger partial charge in [-0.05, 0) is 31.5 Å². The van der Waals surface area contributed by atoms with E-state index in [9.17, 15) is 0 Å². The SMILES string of the molecule is Cc1cccc2c(C3=CCCN(C)C3)c[nH]c12. The van der Waals surface area contributed by atoms with Crippen molar-refractivity contribution in [3.05, 3.63) is 41.6 Å². The summed E-state index contributed by atoms with van der Waals surface area (Å²) in [5.74, 6) is 0. The van der Waals surface area contributed by atoms with Crippen LogP contribution in [0.1, 0.15) is 17.5 Å². The average molecular weight is 226 g/mol. The monoisotopic (exact) mass is 226 g/mol. The molecule has 0 amide bonds. The molecule has 2 aromatic rings. The molecule has 0 saturated carbocycles. The zero-order valence-electron chi connectivity index (χ0n) is 10.5. The molecule has 2 nitrogen and oxygen atoms in total. The normalized spacial score (nSPS) is 17.4. The summed E-state index contributed by atoms with van der Waals surface area (Å²) in [5.41, 5.74) is 5.42. The summed E-state index contributed by atoms with van der Waals surface area (Å²) < 4.78 is 0. The molecule has 0 spiro atoms. The van der Waals surface area contributed by atoms with Crippen LogP contribution in [-0.2, 0) is 0 Å². The van der Waals surface area contributed by atoms with Crippen LogP contribution < -0.4 is 0 Å². The van der Waals surface area contributed by atoms with E-state index in [1.54, 1.807) is 0 Å². The minimum atomic E-state index is 1.06. The van der Waals surface area contributed by atoms with Gasteiger partial charge in [-0.1, -0.05) is 24.3 Å². The molecule has 0 atom stereocenters. The molecule has 0 unspecified atom stereocenters. The summed E-state index contributed by atoms with van der Waals surface area (Å²) in [7, 11) is 2.19. The number of aromatic nitrogens is 1. The molecule has 1 N–H and O–H groups in total. The molecule has 0 bridgehead atoms. The van der Waals surface area contributed by atoms with Gasteiger partial charge >= 0.3 is 0 Å². The van der Waals surface area contributed by atoms with Crippen LogP contribution in [0.25, 0.3) is 16.5 Å². The Hall–Kier alpha value is -1.54. The number of para-hydroxylation sites is 1. The summed E-state index contributed by atoms with van der Waals surface area (Å²) in [5, 5.41) is 1.35. The molecule has 1 aliphatic rings. The zero-order valence-corrected chi connectivity index (χ0v) is 10.5. The fraction of sp³-hybridized carbons (Fsp3) is 0.333. The van der Waals surface area contributed by atoms with Crippen molar-refractivity contribution >= 4 is 16.5 Å². The maximum atomic E-state index is 3.41. The Morgan fingerprint density at radius 1 is 1.29 bits per heavy atom. The number of benzene rings is 1. The van der Waals surface area contributed by atoms with Crippen LogP contribution in [0.3, 0.4) is 0 Å². The molecule has 2 heterocycles. The molecule has 0 radical (unpaired) electrons. The predicted octanol–water partition coefficient (Wildman–Crippen LogP) is 3.20. The second kappa shape index (κ2) is 4.04. The molecule has 1 aromatic heterocycles. The molecule has 88 valence electrons. The van der Waals surface area contributed by atoms with Gasteiger partial charge in [-0.2, -0.15) is 0 Å². The fourth-order valence-corrected chi connectivity index (χ4v) is 2.66. The lowest BCUT2D eigenvalue weighted by Gasteiger charge is -2.22. The molecule has 2 heteroatoms. The Balaban J connectivity index is 2.12. The van der Waals surface area contributed by atoms with Crippen molar-refractivity contribution in [2.75, 3.05) is 20.1 Å². The second-order valence-corrected chi connectivity index (χ2v) is 4.96. The highest BCUT2D eigenvalue weighted by atomic mass is 15.1. The highest BCUT2D eigenvalue weighted by Crippen LogP contribution is 2.28. The number of hydrogen-bond donors (Lipinski definition) is 1. The highest BCUT2D eigenvalue weighted by Gasteiger charge is 2.14. The van der Waals surface area contributed by atoms with Crippen LogP contribution in [0.15, 0.2) is 30.5 Å². The molecule has 0 aliphatic carbocycles. The Labute approximate surface area is 102 Å². The molecule has 0 saturated heterocycles. The zero-order chi connectivity index (χ0) is 11.8. The first kappa shape index (κ1) is 10.6. The van der Waals surface area contributed by atoms with Crippen molar-refractivity contribution in [2.45, 2.75) is 13.3 Å². The van der Waals surface area contributed by atoms with Crippen LogP contribution in [0.5, 0.6) is 0 Å². The minimum Gasteiger partial charge on any atom is -0.360 e. The molecular formula is C15H18N2. The third-order valence-corrected chi connectivity index (χ3v) is 3.61. The molecule has 1 aromatic carbocycles. The Morgan fingerprint density at radius 2 is 2.18 bits per heavy atom. The Kier molecular flexibility index (Phi) is 2.52. The maximum absolute atomic E-state index is 3.41. The van der Waals surface area contributed by atoms with E-state index in [1.165, 1.54) is 34.1 Å². The minimum absolute atomic E-state index is 1.06. The third kappa shape index (κ3) is 1.79. The van der Waals surface area contributed by atoms with Gasteiger partial charge in [0.25, 0.3) is 0 Å². The van der Waals surface area contributed by atoms with Gasteiger partial charge in [0.15, 0.2) is 0 Å². The van der Waals surface area contributed by atoms with E-state index in [1.807, 2.05) is 0 Å². The van der Waals surface area contributed by atoms with Crippen molar-refractivity contribution in [1.29, 1.82) is 0 Å². The number of aryl methyl sites for hydroxylation is 1. The lowest BCUT2D eigenvalue weighted by molar-refractivity contribution is 0.373. The summed E-state index contributed by atoms with van der Waals surface area (Å²) in [6.07, 6.45) is 5.69. The van der Waals surface area contributed by atoms with Crippen LogP contribution in [0, 0.1) is 6.92 Å². The number of fused-ring (bicyclic) bond motifs is 1. The van der Waals surface area contributed by atoms with Gasteiger partial charge in [-0.25, -0.2) is 0 Å². The van der Waals surface area contributed by atoms with Gasteiger partial charge in [0.05, 0.1) is 0 Å². The number of hydrogen-bond acceptors (Lipinski definition) is 1.